The Hall–Kier alpha value is -2.95. The van der Waals surface area contributed by atoms with E-state index in [0.717, 1.165) is 31.4 Å². The van der Waals surface area contributed by atoms with Crippen LogP contribution in [-0.2, 0) is 6.42 Å². The van der Waals surface area contributed by atoms with E-state index in [2.05, 4.69) is 24.2 Å². The summed E-state index contributed by atoms with van der Waals surface area (Å²) in [6, 6.07) is 13.0. The SMILES string of the molecule is COc1cc(C(=O)N2CC[C@]3(C=C(C)CC3)Cc3ccccc32)ccc1N=O. The Morgan fingerprint density at radius 2 is 2.00 bits per heavy atom. The number of hydrogen-bond donors (Lipinski definition) is 0. The van der Waals surface area contributed by atoms with E-state index in [1.165, 1.54) is 24.3 Å². The highest BCUT2D eigenvalue weighted by Gasteiger charge is 2.37. The van der Waals surface area contributed by atoms with E-state index >= 15 is 0 Å². The molecule has 5 heteroatoms. The van der Waals surface area contributed by atoms with Crippen LogP contribution in [0.25, 0.3) is 0 Å². The lowest BCUT2D eigenvalue weighted by atomic mass is 9.79. The Balaban J connectivity index is 1.72. The van der Waals surface area contributed by atoms with Crippen molar-refractivity contribution in [2.24, 2.45) is 10.6 Å². The lowest BCUT2D eigenvalue weighted by molar-refractivity contribution is 0.0985. The van der Waals surface area contributed by atoms with Crippen molar-refractivity contribution in [3.8, 4) is 5.75 Å². The smallest absolute Gasteiger partial charge is 0.258 e. The third kappa shape index (κ3) is 3.21. The molecule has 1 aliphatic carbocycles. The number of ether oxygens (including phenoxy) is 1. The topological polar surface area (TPSA) is 59.0 Å². The first-order chi connectivity index (χ1) is 13.5. The summed E-state index contributed by atoms with van der Waals surface area (Å²) < 4.78 is 5.22. The molecule has 0 bridgehead atoms. The molecule has 1 aliphatic heterocycles. The maximum Gasteiger partial charge on any atom is 0.258 e. The zero-order chi connectivity index (χ0) is 19.7. The molecule has 0 fully saturated rings. The number of amides is 1. The summed E-state index contributed by atoms with van der Waals surface area (Å²) in [7, 11) is 1.47. The van der Waals surface area contributed by atoms with E-state index in [1.807, 2.05) is 23.1 Å². The molecule has 0 saturated heterocycles. The predicted molar refractivity (Wildman–Crippen MR) is 110 cm³/mol. The van der Waals surface area contributed by atoms with E-state index in [0.29, 0.717) is 17.9 Å². The van der Waals surface area contributed by atoms with Crippen LogP contribution in [0.1, 0.15) is 42.1 Å². The summed E-state index contributed by atoms with van der Waals surface area (Å²) in [5.74, 6) is 0.230. The normalized spacial score (nSPS) is 21.1. The molecular weight excluding hydrogens is 352 g/mol. The lowest BCUT2D eigenvalue weighted by Crippen LogP contribution is -2.33. The van der Waals surface area contributed by atoms with Crippen molar-refractivity contribution < 1.29 is 9.53 Å². The number of hydrogen-bond acceptors (Lipinski definition) is 4. The first-order valence-electron chi connectivity index (χ1n) is 9.65. The highest BCUT2D eigenvalue weighted by Crippen LogP contribution is 2.46. The molecule has 0 aromatic heterocycles. The number of carbonyl (C=O) groups is 1. The molecule has 2 aromatic rings. The Morgan fingerprint density at radius 3 is 2.71 bits per heavy atom. The average Bonchev–Trinajstić information content (AvgIpc) is 3.00. The van der Waals surface area contributed by atoms with E-state index in [4.69, 9.17) is 4.74 Å². The third-order valence-corrected chi connectivity index (χ3v) is 6.00. The summed E-state index contributed by atoms with van der Waals surface area (Å²) >= 11 is 0. The van der Waals surface area contributed by atoms with Crippen molar-refractivity contribution >= 4 is 17.3 Å². The molecule has 1 spiro atoms. The monoisotopic (exact) mass is 376 g/mol. The number of methoxy groups -OCH3 is 1. The molecule has 2 aliphatic rings. The standard InChI is InChI=1S/C23H24N2O3/c1-16-9-10-23(14-16)11-12-25(20-6-4-3-5-18(20)15-23)22(26)17-7-8-19(24-27)21(13-17)28-2/h3-8,13-14H,9-12,15H2,1-2H3/t23-/m1/s1. The molecule has 144 valence electrons. The molecule has 0 saturated carbocycles. The van der Waals surface area contributed by atoms with Gasteiger partial charge in [0.15, 0.2) is 0 Å². The van der Waals surface area contributed by atoms with Gasteiger partial charge in [-0.2, -0.15) is 0 Å². The van der Waals surface area contributed by atoms with Crippen LogP contribution in [0.3, 0.4) is 0 Å². The average molecular weight is 376 g/mol. The summed E-state index contributed by atoms with van der Waals surface area (Å²) in [4.78, 5) is 26.2. The van der Waals surface area contributed by atoms with Crippen LogP contribution < -0.4 is 9.64 Å². The van der Waals surface area contributed by atoms with Gasteiger partial charge < -0.3 is 9.64 Å². The molecule has 28 heavy (non-hydrogen) atoms. The van der Waals surface area contributed by atoms with Crippen LogP contribution in [0.15, 0.2) is 59.3 Å². The highest BCUT2D eigenvalue weighted by molar-refractivity contribution is 6.07. The third-order valence-electron chi connectivity index (χ3n) is 6.00. The minimum absolute atomic E-state index is 0.0843. The zero-order valence-corrected chi connectivity index (χ0v) is 16.3. The van der Waals surface area contributed by atoms with Crippen molar-refractivity contribution in [1.82, 2.24) is 0 Å². The van der Waals surface area contributed by atoms with Crippen LogP contribution >= 0.6 is 0 Å². The molecule has 1 atom stereocenters. The van der Waals surface area contributed by atoms with Crippen LogP contribution in [0.5, 0.6) is 5.75 Å². The second kappa shape index (κ2) is 7.23. The molecular formula is C23H24N2O3. The minimum Gasteiger partial charge on any atom is -0.494 e. The van der Waals surface area contributed by atoms with E-state index in [1.54, 1.807) is 12.1 Å². The van der Waals surface area contributed by atoms with Gasteiger partial charge in [-0.05, 0) is 73.0 Å². The molecule has 4 rings (SSSR count). The molecule has 0 unspecified atom stereocenters. The number of anilines is 1. The van der Waals surface area contributed by atoms with Gasteiger partial charge in [0, 0.05) is 17.8 Å². The minimum atomic E-state index is -0.0843. The summed E-state index contributed by atoms with van der Waals surface area (Å²) in [5, 5.41) is 2.95. The number of rotatable bonds is 3. The Labute approximate surface area is 165 Å². The molecule has 0 N–H and O–H groups in total. The maximum absolute atomic E-state index is 13.4. The molecule has 1 heterocycles. The number of para-hydroxylation sites is 1. The van der Waals surface area contributed by atoms with Gasteiger partial charge in [0.25, 0.3) is 5.91 Å². The lowest BCUT2D eigenvalue weighted by Gasteiger charge is -2.26. The van der Waals surface area contributed by atoms with Gasteiger partial charge in [0.05, 0.1) is 7.11 Å². The molecule has 1 amide bonds. The van der Waals surface area contributed by atoms with Gasteiger partial charge in [-0.25, -0.2) is 0 Å². The predicted octanol–water partition coefficient (Wildman–Crippen LogP) is 5.41. The number of allylic oxidation sites excluding steroid dienone is 2. The Bertz CT molecular complexity index is 966. The highest BCUT2D eigenvalue weighted by atomic mass is 16.5. The van der Waals surface area contributed by atoms with Gasteiger partial charge in [-0.15, -0.1) is 4.91 Å². The number of fused-ring (bicyclic) bond motifs is 1. The second-order valence-corrected chi connectivity index (χ2v) is 7.84. The van der Waals surface area contributed by atoms with Gasteiger partial charge in [-0.3, -0.25) is 4.79 Å². The Kier molecular flexibility index (Phi) is 4.75. The number of nitroso groups, excluding NO2 is 1. The van der Waals surface area contributed by atoms with Gasteiger partial charge in [0.2, 0.25) is 0 Å². The summed E-state index contributed by atoms with van der Waals surface area (Å²) in [6.45, 7) is 2.86. The summed E-state index contributed by atoms with van der Waals surface area (Å²) in [5.41, 5.74) is 4.45. The van der Waals surface area contributed by atoms with E-state index in [9.17, 15) is 9.70 Å². The largest absolute Gasteiger partial charge is 0.494 e. The van der Waals surface area contributed by atoms with Gasteiger partial charge in [-0.1, -0.05) is 29.8 Å². The number of nitrogens with zero attached hydrogens (tertiary/aromatic N) is 2. The molecule has 2 aromatic carbocycles. The van der Waals surface area contributed by atoms with Crippen molar-refractivity contribution in [3.05, 3.63) is 70.1 Å². The molecule has 0 radical (unpaired) electrons. The van der Waals surface area contributed by atoms with Crippen molar-refractivity contribution in [2.75, 3.05) is 18.6 Å². The Morgan fingerprint density at radius 1 is 1.18 bits per heavy atom. The van der Waals surface area contributed by atoms with Crippen LogP contribution in [0.2, 0.25) is 0 Å². The summed E-state index contributed by atoms with van der Waals surface area (Å²) in [6.07, 6.45) is 6.60. The first kappa shape index (κ1) is 18.4. The van der Waals surface area contributed by atoms with E-state index < -0.39 is 0 Å². The van der Waals surface area contributed by atoms with E-state index in [-0.39, 0.29) is 17.0 Å². The van der Waals surface area contributed by atoms with Crippen LogP contribution in [0, 0.1) is 10.3 Å². The number of carbonyl (C=O) groups excluding carboxylic acids is 1. The van der Waals surface area contributed by atoms with Crippen LogP contribution in [0.4, 0.5) is 11.4 Å². The molecule has 5 nitrogen and oxygen atoms in total. The quantitative estimate of drug-likeness (QED) is 0.531. The fourth-order valence-corrected chi connectivity index (χ4v) is 4.55. The second-order valence-electron chi connectivity index (χ2n) is 7.84. The fraction of sp³-hybridized carbons (Fsp3) is 0.348. The van der Waals surface area contributed by atoms with Crippen molar-refractivity contribution in [3.63, 3.8) is 0 Å². The fourth-order valence-electron chi connectivity index (χ4n) is 4.55. The van der Waals surface area contributed by atoms with Gasteiger partial charge in [0.1, 0.15) is 11.4 Å². The van der Waals surface area contributed by atoms with Crippen molar-refractivity contribution in [2.45, 2.75) is 32.6 Å². The maximum atomic E-state index is 13.4. The zero-order valence-electron chi connectivity index (χ0n) is 16.3. The number of benzene rings is 2. The van der Waals surface area contributed by atoms with Crippen LogP contribution in [-0.4, -0.2) is 19.6 Å². The first-order valence-corrected chi connectivity index (χ1v) is 9.65. The van der Waals surface area contributed by atoms with Crippen molar-refractivity contribution in [1.29, 1.82) is 0 Å². The van der Waals surface area contributed by atoms with Gasteiger partial charge >= 0.3 is 0 Å².